The molecule has 0 aliphatic rings. The normalized spacial score (nSPS) is 12.2. The van der Waals surface area contributed by atoms with Gasteiger partial charge in [-0.1, -0.05) is 12.1 Å². The number of pyridine rings is 1. The Morgan fingerprint density at radius 2 is 1.85 bits per heavy atom. The maximum Gasteiger partial charge on any atom is 0.0361 e. The number of aromatic nitrogens is 1. The Bertz CT molecular complexity index is 546. The third kappa shape index (κ3) is 3.58. The lowest BCUT2D eigenvalue weighted by Crippen LogP contribution is -2.19. The van der Waals surface area contributed by atoms with Crippen LogP contribution < -0.4 is 10.2 Å². The van der Waals surface area contributed by atoms with E-state index in [4.69, 9.17) is 0 Å². The number of nitrogens with one attached hydrogen (secondary N) is 1. The molecule has 0 radical (unpaired) electrons. The van der Waals surface area contributed by atoms with Gasteiger partial charge in [0.1, 0.15) is 0 Å². The van der Waals surface area contributed by atoms with Crippen molar-refractivity contribution in [1.29, 1.82) is 0 Å². The largest absolute Gasteiger partial charge is 0.378 e. The third-order valence-electron chi connectivity index (χ3n) is 3.66. The highest BCUT2D eigenvalue weighted by atomic mass is 15.1. The van der Waals surface area contributed by atoms with Gasteiger partial charge in [-0.25, -0.2) is 0 Å². The minimum absolute atomic E-state index is 0.325. The first-order valence-corrected chi connectivity index (χ1v) is 6.98. The molecule has 1 aromatic carbocycles. The molecule has 0 bridgehead atoms. The van der Waals surface area contributed by atoms with Crippen molar-refractivity contribution in [2.45, 2.75) is 26.4 Å². The predicted octanol–water partition coefficient (Wildman–Crippen LogP) is 3.31. The molecule has 0 aliphatic carbocycles. The van der Waals surface area contributed by atoms with Gasteiger partial charge >= 0.3 is 0 Å². The van der Waals surface area contributed by atoms with Gasteiger partial charge in [0.25, 0.3) is 0 Å². The van der Waals surface area contributed by atoms with E-state index in [0.29, 0.717) is 6.04 Å². The van der Waals surface area contributed by atoms with Crippen LogP contribution in [-0.2, 0) is 6.54 Å². The van der Waals surface area contributed by atoms with Crippen LogP contribution in [0, 0.1) is 6.92 Å². The molecule has 0 saturated carbocycles. The van der Waals surface area contributed by atoms with Crippen LogP contribution in [0.4, 0.5) is 5.69 Å². The summed E-state index contributed by atoms with van der Waals surface area (Å²) in [5, 5.41) is 3.55. The number of anilines is 1. The van der Waals surface area contributed by atoms with Crippen LogP contribution in [0.3, 0.4) is 0 Å². The van der Waals surface area contributed by atoms with Crippen LogP contribution in [-0.4, -0.2) is 19.1 Å². The zero-order chi connectivity index (χ0) is 14.5. The molecule has 0 spiro atoms. The number of rotatable bonds is 5. The summed E-state index contributed by atoms with van der Waals surface area (Å²) in [6.07, 6.45) is 3.77. The summed E-state index contributed by atoms with van der Waals surface area (Å²) in [5.41, 5.74) is 5.06. The Morgan fingerprint density at radius 1 is 1.15 bits per heavy atom. The average molecular weight is 269 g/mol. The summed E-state index contributed by atoms with van der Waals surface area (Å²) < 4.78 is 0. The standard InChI is InChI=1S/C17H23N3/c1-13-9-10-18-11-16(13)12-19-14(2)15-5-7-17(8-6-15)20(3)4/h5-11,14,19H,12H2,1-4H3. The van der Waals surface area contributed by atoms with Crippen molar-refractivity contribution in [3.8, 4) is 0 Å². The molecule has 1 unspecified atom stereocenters. The first kappa shape index (κ1) is 14.5. The Labute approximate surface area is 121 Å². The summed E-state index contributed by atoms with van der Waals surface area (Å²) in [7, 11) is 4.11. The third-order valence-corrected chi connectivity index (χ3v) is 3.66. The molecular weight excluding hydrogens is 246 g/mol. The Morgan fingerprint density at radius 3 is 2.45 bits per heavy atom. The number of benzene rings is 1. The zero-order valence-electron chi connectivity index (χ0n) is 12.7. The number of aryl methyl sites for hydroxylation is 1. The number of hydrogen-bond donors (Lipinski definition) is 1. The lowest BCUT2D eigenvalue weighted by atomic mass is 10.1. The van der Waals surface area contributed by atoms with E-state index in [1.807, 2.05) is 18.5 Å². The maximum absolute atomic E-state index is 4.18. The van der Waals surface area contributed by atoms with E-state index in [2.05, 4.69) is 67.4 Å². The van der Waals surface area contributed by atoms with Crippen LogP contribution in [0.15, 0.2) is 42.7 Å². The van der Waals surface area contributed by atoms with Gasteiger partial charge in [-0.3, -0.25) is 4.98 Å². The van der Waals surface area contributed by atoms with E-state index >= 15 is 0 Å². The monoisotopic (exact) mass is 269 g/mol. The van der Waals surface area contributed by atoms with Gasteiger partial charge < -0.3 is 10.2 Å². The SMILES string of the molecule is Cc1ccncc1CNC(C)c1ccc(N(C)C)cc1. The fourth-order valence-corrected chi connectivity index (χ4v) is 2.12. The maximum atomic E-state index is 4.18. The molecule has 1 heterocycles. The van der Waals surface area contributed by atoms with Gasteiger partial charge in [-0.15, -0.1) is 0 Å². The van der Waals surface area contributed by atoms with Crippen LogP contribution >= 0.6 is 0 Å². The fourth-order valence-electron chi connectivity index (χ4n) is 2.12. The molecule has 2 aromatic rings. The zero-order valence-corrected chi connectivity index (χ0v) is 12.7. The molecule has 0 saturated heterocycles. The topological polar surface area (TPSA) is 28.2 Å². The van der Waals surface area contributed by atoms with Gasteiger partial charge in [-0.05, 0) is 48.7 Å². The van der Waals surface area contributed by atoms with Gasteiger partial charge in [0.2, 0.25) is 0 Å². The van der Waals surface area contributed by atoms with Gasteiger partial charge in [-0.2, -0.15) is 0 Å². The first-order chi connectivity index (χ1) is 9.58. The molecule has 3 heteroatoms. The van der Waals surface area contributed by atoms with Crippen LogP contribution in [0.25, 0.3) is 0 Å². The highest BCUT2D eigenvalue weighted by Gasteiger charge is 2.06. The first-order valence-electron chi connectivity index (χ1n) is 6.98. The minimum atomic E-state index is 0.325. The molecule has 1 N–H and O–H groups in total. The van der Waals surface area contributed by atoms with Crippen molar-refractivity contribution in [2.24, 2.45) is 0 Å². The van der Waals surface area contributed by atoms with E-state index in [0.717, 1.165) is 6.54 Å². The minimum Gasteiger partial charge on any atom is -0.378 e. The van der Waals surface area contributed by atoms with Crippen molar-refractivity contribution in [3.05, 3.63) is 59.4 Å². The number of hydrogen-bond acceptors (Lipinski definition) is 3. The Balaban J connectivity index is 1.98. The second-order valence-electron chi connectivity index (χ2n) is 5.39. The van der Waals surface area contributed by atoms with E-state index in [-0.39, 0.29) is 0 Å². The second-order valence-corrected chi connectivity index (χ2v) is 5.39. The van der Waals surface area contributed by atoms with Crippen molar-refractivity contribution in [3.63, 3.8) is 0 Å². The summed E-state index contributed by atoms with van der Waals surface area (Å²) in [6.45, 7) is 5.15. The average Bonchev–Trinajstić information content (AvgIpc) is 2.46. The lowest BCUT2D eigenvalue weighted by Gasteiger charge is -2.17. The van der Waals surface area contributed by atoms with Crippen LogP contribution in [0.5, 0.6) is 0 Å². The Kier molecular flexibility index (Phi) is 4.74. The molecule has 1 aromatic heterocycles. The summed E-state index contributed by atoms with van der Waals surface area (Å²) in [5.74, 6) is 0. The van der Waals surface area contributed by atoms with Gasteiger partial charge in [0, 0.05) is 44.8 Å². The molecule has 0 aliphatic heterocycles. The van der Waals surface area contributed by atoms with E-state index in [1.165, 1.54) is 22.4 Å². The quantitative estimate of drug-likeness (QED) is 0.902. The van der Waals surface area contributed by atoms with E-state index in [9.17, 15) is 0 Å². The van der Waals surface area contributed by atoms with Gasteiger partial charge in [0.05, 0.1) is 0 Å². The molecule has 0 fully saturated rings. The molecule has 3 nitrogen and oxygen atoms in total. The van der Waals surface area contributed by atoms with Crippen LogP contribution in [0.1, 0.15) is 29.7 Å². The fraction of sp³-hybridized carbons (Fsp3) is 0.353. The molecule has 2 rings (SSSR count). The second kappa shape index (κ2) is 6.53. The molecule has 0 amide bonds. The molecule has 20 heavy (non-hydrogen) atoms. The van der Waals surface area contributed by atoms with E-state index < -0.39 is 0 Å². The highest BCUT2D eigenvalue weighted by Crippen LogP contribution is 2.18. The number of nitrogens with zero attached hydrogens (tertiary/aromatic N) is 2. The van der Waals surface area contributed by atoms with Crippen LogP contribution in [0.2, 0.25) is 0 Å². The van der Waals surface area contributed by atoms with E-state index in [1.54, 1.807) is 0 Å². The molecular formula is C17H23N3. The van der Waals surface area contributed by atoms with Crippen molar-refractivity contribution in [2.75, 3.05) is 19.0 Å². The molecule has 1 atom stereocenters. The lowest BCUT2D eigenvalue weighted by molar-refractivity contribution is 0.572. The summed E-state index contributed by atoms with van der Waals surface area (Å²) in [6, 6.07) is 11.1. The summed E-state index contributed by atoms with van der Waals surface area (Å²) >= 11 is 0. The Hall–Kier alpha value is -1.87. The van der Waals surface area contributed by atoms with Crippen molar-refractivity contribution < 1.29 is 0 Å². The molecule has 106 valence electrons. The highest BCUT2D eigenvalue weighted by molar-refractivity contribution is 5.46. The smallest absolute Gasteiger partial charge is 0.0361 e. The predicted molar refractivity (Wildman–Crippen MR) is 85.0 cm³/mol. The van der Waals surface area contributed by atoms with Gasteiger partial charge in [0.15, 0.2) is 0 Å². The van der Waals surface area contributed by atoms with Crippen molar-refractivity contribution in [1.82, 2.24) is 10.3 Å². The van der Waals surface area contributed by atoms with Crippen molar-refractivity contribution >= 4 is 5.69 Å². The summed E-state index contributed by atoms with van der Waals surface area (Å²) in [4.78, 5) is 6.29.